The number of amides is 2. The van der Waals surface area contributed by atoms with E-state index in [-0.39, 0.29) is 17.7 Å². The Morgan fingerprint density at radius 3 is 3.05 bits per heavy atom. The number of amidine groups is 1. The lowest BCUT2D eigenvalue weighted by molar-refractivity contribution is -0.117. The van der Waals surface area contributed by atoms with Crippen LogP contribution >= 0.6 is 27.7 Å². The van der Waals surface area contributed by atoms with Gasteiger partial charge in [-0.3, -0.25) is 9.59 Å². The van der Waals surface area contributed by atoms with Crippen LogP contribution in [0.15, 0.2) is 32.6 Å². The third-order valence-electron chi connectivity index (χ3n) is 2.47. The highest BCUT2D eigenvalue weighted by molar-refractivity contribution is 9.10. The maximum atomic E-state index is 11.9. The Morgan fingerprint density at radius 1 is 1.59 bits per heavy atom. The molecule has 1 aliphatic heterocycles. The number of carbonyl (C=O) groups is 2. The number of terminal acetylenes is 1. The molecule has 5 nitrogen and oxygen atoms in total. The highest BCUT2D eigenvalue weighted by atomic mass is 79.9. The third-order valence-corrected chi connectivity index (χ3v) is 3.87. The molecular formula is C15H11BrN2O3S. The zero-order valence-corrected chi connectivity index (χ0v) is 14.0. The summed E-state index contributed by atoms with van der Waals surface area (Å²) >= 11 is 4.47. The number of benzene rings is 1. The molecule has 0 bridgehead atoms. The number of rotatable bonds is 3. The van der Waals surface area contributed by atoms with Crippen molar-refractivity contribution in [1.82, 2.24) is 5.32 Å². The third kappa shape index (κ3) is 4.23. The number of halogens is 1. The fourth-order valence-corrected chi connectivity index (χ4v) is 2.87. The van der Waals surface area contributed by atoms with E-state index in [0.717, 1.165) is 16.2 Å². The van der Waals surface area contributed by atoms with Crippen LogP contribution in [0.25, 0.3) is 6.08 Å². The molecule has 1 N–H and O–H groups in total. The summed E-state index contributed by atoms with van der Waals surface area (Å²) in [5.41, 5.74) is 0.694. The molecule has 0 spiro atoms. The zero-order valence-electron chi connectivity index (χ0n) is 11.6. The van der Waals surface area contributed by atoms with E-state index in [4.69, 9.17) is 11.2 Å². The van der Waals surface area contributed by atoms with Crippen molar-refractivity contribution < 1.29 is 14.3 Å². The molecule has 1 heterocycles. The van der Waals surface area contributed by atoms with Gasteiger partial charge in [0.1, 0.15) is 12.4 Å². The second kappa shape index (κ2) is 7.29. The Kier molecular flexibility index (Phi) is 5.41. The fourth-order valence-electron chi connectivity index (χ4n) is 1.64. The maximum Gasteiger partial charge on any atom is 0.286 e. The van der Waals surface area contributed by atoms with Gasteiger partial charge in [0.25, 0.3) is 5.91 Å². The summed E-state index contributed by atoms with van der Waals surface area (Å²) in [6, 6.07) is 5.38. The minimum atomic E-state index is -0.406. The van der Waals surface area contributed by atoms with Crippen molar-refractivity contribution in [3.63, 3.8) is 0 Å². The standard InChI is InChI=1S/C15H11BrN2O3S/c1-3-6-21-12-5-4-11(16)7-10(12)8-13-14(20)18-15(22-13)17-9(2)19/h1,4-5,7-8H,6H2,2H3,(H,17,18,19,20)/b13-8-. The number of hydrogen-bond acceptors (Lipinski definition) is 4. The molecule has 0 saturated carbocycles. The molecule has 112 valence electrons. The molecule has 2 amide bonds. The number of aliphatic imine (C=N–C) groups is 1. The number of nitrogens with zero attached hydrogens (tertiary/aromatic N) is 1. The number of nitrogens with one attached hydrogen (secondary N) is 1. The Hall–Kier alpha value is -2.04. The largest absolute Gasteiger partial charge is 0.480 e. The maximum absolute atomic E-state index is 11.9. The van der Waals surface area contributed by atoms with Gasteiger partial charge in [-0.15, -0.1) is 6.42 Å². The number of ether oxygens (including phenoxy) is 1. The van der Waals surface area contributed by atoms with Crippen LogP contribution in [0.3, 0.4) is 0 Å². The smallest absolute Gasteiger partial charge is 0.286 e. The molecule has 2 rings (SSSR count). The van der Waals surface area contributed by atoms with Gasteiger partial charge in [0.15, 0.2) is 5.17 Å². The molecule has 7 heteroatoms. The van der Waals surface area contributed by atoms with E-state index >= 15 is 0 Å². The summed E-state index contributed by atoms with van der Waals surface area (Å²) in [6.45, 7) is 1.49. The van der Waals surface area contributed by atoms with Gasteiger partial charge in [0.05, 0.1) is 4.91 Å². The Labute approximate surface area is 140 Å². The minimum Gasteiger partial charge on any atom is -0.480 e. The van der Waals surface area contributed by atoms with Crippen molar-refractivity contribution in [2.24, 2.45) is 4.99 Å². The van der Waals surface area contributed by atoms with Crippen molar-refractivity contribution in [2.75, 3.05) is 6.61 Å². The summed E-state index contributed by atoms with van der Waals surface area (Å²) < 4.78 is 6.29. The van der Waals surface area contributed by atoms with E-state index < -0.39 is 5.91 Å². The molecule has 1 aromatic carbocycles. The summed E-state index contributed by atoms with van der Waals surface area (Å²) in [5.74, 6) is 2.27. The minimum absolute atomic E-state index is 0.131. The molecular weight excluding hydrogens is 368 g/mol. The molecule has 0 unspecified atom stereocenters. The lowest BCUT2D eigenvalue weighted by Crippen LogP contribution is -2.23. The second-order valence-electron chi connectivity index (χ2n) is 4.19. The van der Waals surface area contributed by atoms with Crippen molar-refractivity contribution in [3.8, 4) is 18.1 Å². The molecule has 0 atom stereocenters. The molecule has 0 aliphatic carbocycles. The summed E-state index contributed by atoms with van der Waals surface area (Å²) in [4.78, 5) is 27.0. The van der Waals surface area contributed by atoms with Gasteiger partial charge >= 0.3 is 0 Å². The monoisotopic (exact) mass is 378 g/mol. The van der Waals surface area contributed by atoms with Crippen LogP contribution in [0.2, 0.25) is 0 Å². The van der Waals surface area contributed by atoms with E-state index in [1.165, 1.54) is 6.92 Å². The Bertz CT molecular complexity index is 735. The van der Waals surface area contributed by atoms with Gasteiger partial charge in [0.2, 0.25) is 5.91 Å². The first-order valence-corrected chi connectivity index (χ1v) is 7.76. The number of hydrogen-bond donors (Lipinski definition) is 1. The molecule has 22 heavy (non-hydrogen) atoms. The van der Waals surface area contributed by atoms with E-state index in [9.17, 15) is 9.59 Å². The van der Waals surface area contributed by atoms with Crippen LogP contribution in [0.4, 0.5) is 0 Å². The quantitative estimate of drug-likeness (QED) is 0.648. The molecule has 0 aromatic heterocycles. The first-order valence-electron chi connectivity index (χ1n) is 6.15. The van der Waals surface area contributed by atoms with E-state index in [1.54, 1.807) is 12.1 Å². The van der Waals surface area contributed by atoms with Crippen molar-refractivity contribution in [1.29, 1.82) is 0 Å². The van der Waals surface area contributed by atoms with Crippen LogP contribution in [-0.4, -0.2) is 23.6 Å². The van der Waals surface area contributed by atoms with Crippen LogP contribution in [0, 0.1) is 12.3 Å². The Morgan fingerprint density at radius 2 is 2.36 bits per heavy atom. The highest BCUT2D eigenvalue weighted by Gasteiger charge is 2.23. The van der Waals surface area contributed by atoms with Crippen LogP contribution in [0.5, 0.6) is 5.75 Å². The van der Waals surface area contributed by atoms with Gasteiger partial charge in [0, 0.05) is 17.0 Å². The molecule has 0 fully saturated rings. The lowest BCUT2D eigenvalue weighted by atomic mass is 10.2. The van der Waals surface area contributed by atoms with Crippen LogP contribution in [0.1, 0.15) is 12.5 Å². The van der Waals surface area contributed by atoms with Gasteiger partial charge in [-0.05, 0) is 36.0 Å². The predicted molar refractivity (Wildman–Crippen MR) is 90.3 cm³/mol. The molecule has 0 radical (unpaired) electrons. The summed E-state index contributed by atoms with van der Waals surface area (Å²) in [7, 11) is 0. The first kappa shape index (κ1) is 16.3. The fraction of sp³-hybridized carbons (Fsp3) is 0.133. The average Bonchev–Trinajstić information content (AvgIpc) is 2.77. The van der Waals surface area contributed by atoms with Gasteiger partial charge in [-0.2, -0.15) is 4.99 Å². The van der Waals surface area contributed by atoms with Crippen LogP contribution < -0.4 is 10.1 Å². The topological polar surface area (TPSA) is 67.8 Å². The molecule has 1 aromatic rings. The van der Waals surface area contributed by atoms with Gasteiger partial charge in [-0.1, -0.05) is 21.9 Å². The van der Waals surface area contributed by atoms with Crippen molar-refractivity contribution >= 4 is 50.7 Å². The second-order valence-corrected chi connectivity index (χ2v) is 6.14. The Balaban J connectivity index is 2.26. The first-order chi connectivity index (χ1) is 10.5. The SMILES string of the molecule is C#CCOc1ccc(Br)cc1/C=C1\SC(NC(C)=O)=NC1=O. The molecule has 1 aliphatic rings. The molecule has 0 saturated heterocycles. The van der Waals surface area contributed by atoms with Crippen LogP contribution in [-0.2, 0) is 9.59 Å². The van der Waals surface area contributed by atoms with E-state index in [2.05, 4.69) is 32.2 Å². The normalized spacial score (nSPS) is 15.4. The van der Waals surface area contributed by atoms with Gasteiger partial charge in [-0.25, -0.2) is 0 Å². The van der Waals surface area contributed by atoms with Crippen molar-refractivity contribution in [2.45, 2.75) is 6.92 Å². The lowest BCUT2D eigenvalue weighted by Gasteiger charge is -2.07. The number of carbonyl (C=O) groups excluding carboxylic acids is 2. The van der Waals surface area contributed by atoms with E-state index in [1.807, 2.05) is 12.1 Å². The average molecular weight is 379 g/mol. The zero-order chi connectivity index (χ0) is 16.1. The number of thioether (sulfide) groups is 1. The summed E-state index contributed by atoms with van der Waals surface area (Å²) in [6.07, 6.45) is 6.84. The van der Waals surface area contributed by atoms with E-state index in [0.29, 0.717) is 16.2 Å². The summed E-state index contributed by atoms with van der Waals surface area (Å²) in [5, 5.41) is 2.76. The van der Waals surface area contributed by atoms with Crippen molar-refractivity contribution in [3.05, 3.63) is 33.1 Å². The van der Waals surface area contributed by atoms with Gasteiger partial charge < -0.3 is 10.1 Å². The highest BCUT2D eigenvalue weighted by Crippen LogP contribution is 2.31. The predicted octanol–water partition coefficient (Wildman–Crippen LogP) is 2.57.